The first-order chi connectivity index (χ1) is 12.2. The highest BCUT2D eigenvalue weighted by atomic mass is 16.5. The van der Waals surface area contributed by atoms with Crippen LogP contribution in [0.1, 0.15) is 10.5 Å². The van der Waals surface area contributed by atoms with Gasteiger partial charge in [0, 0.05) is 19.2 Å². The predicted octanol–water partition coefficient (Wildman–Crippen LogP) is 2.19. The Kier molecular flexibility index (Phi) is 5.35. The van der Waals surface area contributed by atoms with E-state index in [1.54, 1.807) is 44.7 Å². The van der Waals surface area contributed by atoms with Crippen molar-refractivity contribution in [2.24, 2.45) is 0 Å². The number of pyridine rings is 1. The fraction of sp³-hybridized carbons (Fsp3) is 0.333. The highest BCUT2D eigenvalue weighted by Crippen LogP contribution is 2.29. The van der Waals surface area contributed by atoms with Gasteiger partial charge in [0.25, 0.3) is 5.91 Å². The van der Waals surface area contributed by atoms with Gasteiger partial charge in [0.2, 0.25) is 0 Å². The maximum absolute atomic E-state index is 12.4. The maximum atomic E-state index is 12.4. The molecule has 3 rings (SSSR count). The van der Waals surface area contributed by atoms with Crippen LogP contribution in [-0.2, 0) is 4.74 Å². The van der Waals surface area contributed by atoms with Gasteiger partial charge in [0.1, 0.15) is 17.2 Å². The lowest BCUT2D eigenvalue weighted by molar-refractivity contribution is 0.102. The van der Waals surface area contributed by atoms with Crippen molar-refractivity contribution >= 4 is 17.3 Å². The molecule has 0 atom stereocenters. The lowest BCUT2D eigenvalue weighted by atomic mass is 10.2. The van der Waals surface area contributed by atoms with E-state index in [1.165, 1.54) is 0 Å². The lowest BCUT2D eigenvalue weighted by Gasteiger charge is -2.28. The predicted molar refractivity (Wildman–Crippen MR) is 94.8 cm³/mol. The van der Waals surface area contributed by atoms with Gasteiger partial charge in [-0.05, 0) is 24.3 Å². The van der Waals surface area contributed by atoms with Gasteiger partial charge in [-0.3, -0.25) is 4.79 Å². The van der Waals surface area contributed by atoms with E-state index >= 15 is 0 Å². The van der Waals surface area contributed by atoms with Gasteiger partial charge in [-0.15, -0.1) is 0 Å². The number of hydrogen-bond acceptors (Lipinski definition) is 6. The largest absolute Gasteiger partial charge is 0.497 e. The SMILES string of the molecule is COc1ccc(NC(=O)c2ccc(N3CCOCC3)cn2)c(OC)c1. The molecule has 7 nitrogen and oxygen atoms in total. The van der Waals surface area contributed by atoms with Gasteiger partial charge in [-0.2, -0.15) is 0 Å². The number of amides is 1. The summed E-state index contributed by atoms with van der Waals surface area (Å²) in [5.74, 6) is 0.887. The Bertz CT molecular complexity index is 728. The number of rotatable bonds is 5. The highest BCUT2D eigenvalue weighted by Gasteiger charge is 2.14. The molecule has 0 radical (unpaired) electrons. The summed E-state index contributed by atoms with van der Waals surface area (Å²) < 4.78 is 15.8. The van der Waals surface area contributed by atoms with E-state index in [2.05, 4.69) is 15.2 Å². The summed E-state index contributed by atoms with van der Waals surface area (Å²) in [5.41, 5.74) is 1.89. The van der Waals surface area contributed by atoms with Crippen LogP contribution < -0.4 is 19.7 Å². The molecule has 1 amide bonds. The molecule has 132 valence electrons. The molecule has 0 unspecified atom stereocenters. The van der Waals surface area contributed by atoms with Gasteiger partial charge in [-0.1, -0.05) is 0 Å². The molecule has 1 fully saturated rings. The number of carbonyl (C=O) groups is 1. The van der Waals surface area contributed by atoms with E-state index < -0.39 is 0 Å². The Morgan fingerprint density at radius 1 is 1.16 bits per heavy atom. The van der Waals surface area contributed by atoms with E-state index in [4.69, 9.17) is 14.2 Å². The summed E-state index contributed by atoms with van der Waals surface area (Å²) in [6.45, 7) is 3.07. The number of anilines is 2. The average Bonchev–Trinajstić information content (AvgIpc) is 2.69. The van der Waals surface area contributed by atoms with Crippen molar-refractivity contribution < 1.29 is 19.0 Å². The zero-order chi connectivity index (χ0) is 17.6. The molecular weight excluding hydrogens is 322 g/mol. The molecule has 0 spiro atoms. The van der Waals surface area contributed by atoms with Crippen molar-refractivity contribution in [3.63, 3.8) is 0 Å². The smallest absolute Gasteiger partial charge is 0.274 e. The first-order valence-electron chi connectivity index (χ1n) is 8.03. The summed E-state index contributed by atoms with van der Waals surface area (Å²) >= 11 is 0. The van der Waals surface area contributed by atoms with E-state index in [0.717, 1.165) is 18.8 Å². The monoisotopic (exact) mass is 343 g/mol. The van der Waals surface area contributed by atoms with E-state index in [0.29, 0.717) is 36.1 Å². The zero-order valence-corrected chi connectivity index (χ0v) is 14.3. The Morgan fingerprint density at radius 3 is 2.60 bits per heavy atom. The summed E-state index contributed by atoms with van der Waals surface area (Å²) in [7, 11) is 3.12. The molecule has 7 heteroatoms. The number of carbonyl (C=O) groups excluding carboxylic acids is 1. The van der Waals surface area contributed by atoms with Gasteiger partial charge in [0.05, 0.1) is 45.0 Å². The Labute approximate surface area is 146 Å². The second-order valence-electron chi connectivity index (χ2n) is 5.52. The Balaban J connectivity index is 1.71. The number of ether oxygens (including phenoxy) is 3. The van der Waals surface area contributed by atoms with Crippen LogP contribution in [0.4, 0.5) is 11.4 Å². The zero-order valence-electron chi connectivity index (χ0n) is 14.3. The molecule has 2 heterocycles. The number of hydrogen-bond donors (Lipinski definition) is 1. The number of benzene rings is 1. The minimum absolute atomic E-state index is 0.294. The Hall–Kier alpha value is -2.80. The first kappa shape index (κ1) is 17.0. The fourth-order valence-electron chi connectivity index (χ4n) is 2.62. The van der Waals surface area contributed by atoms with Crippen LogP contribution in [0.15, 0.2) is 36.5 Å². The van der Waals surface area contributed by atoms with Crippen LogP contribution in [0.5, 0.6) is 11.5 Å². The van der Waals surface area contributed by atoms with Gasteiger partial charge in [-0.25, -0.2) is 4.98 Å². The second-order valence-corrected chi connectivity index (χ2v) is 5.52. The lowest BCUT2D eigenvalue weighted by Crippen LogP contribution is -2.36. The normalized spacial score (nSPS) is 14.1. The number of nitrogens with zero attached hydrogens (tertiary/aromatic N) is 2. The maximum Gasteiger partial charge on any atom is 0.274 e. The third-order valence-corrected chi connectivity index (χ3v) is 4.01. The van der Waals surface area contributed by atoms with Crippen molar-refractivity contribution in [2.45, 2.75) is 0 Å². The molecule has 1 aromatic heterocycles. The van der Waals surface area contributed by atoms with Crippen molar-refractivity contribution in [3.05, 3.63) is 42.2 Å². The van der Waals surface area contributed by atoms with Crippen molar-refractivity contribution in [1.82, 2.24) is 4.98 Å². The van der Waals surface area contributed by atoms with E-state index in [9.17, 15) is 4.79 Å². The molecule has 1 aliphatic heterocycles. The summed E-state index contributed by atoms with van der Waals surface area (Å²) in [5, 5.41) is 2.81. The summed E-state index contributed by atoms with van der Waals surface area (Å²) in [4.78, 5) is 18.9. The van der Waals surface area contributed by atoms with Crippen LogP contribution in [0.3, 0.4) is 0 Å². The summed E-state index contributed by atoms with van der Waals surface area (Å²) in [6.07, 6.45) is 1.71. The molecule has 1 aromatic carbocycles. The van der Waals surface area contributed by atoms with Crippen molar-refractivity contribution in [1.29, 1.82) is 0 Å². The number of nitrogens with one attached hydrogen (secondary N) is 1. The van der Waals surface area contributed by atoms with Crippen LogP contribution >= 0.6 is 0 Å². The van der Waals surface area contributed by atoms with Crippen molar-refractivity contribution in [3.8, 4) is 11.5 Å². The third-order valence-electron chi connectivity index (χ3n) is 4.01. The van der Waals surface area contributed by atoms with Gasteiger partial charge < -0.3 is 24.4 Å². The second kappa shape index (κ2) is 7.85. The van der Waals surface area contributed by atoms with Crippen LogP contribution in [0.25, 0.3) is 0 Å². The molecule has 1 aliphatic rings. The van der Waals surface area contributed by atoms with Crippen molar-refractivity contribution in [2.75, 3.05) is 50.7 Å². The number of methoxy groups -OCH3 is 2. The molecule has 1 N–H and O–H groups in total. The van der Waals surface area contributed by atoms with Gasteiger partial charge >= 0.3 is 0 Å². The average molecular weight is 343 g/mol. The molecular formula is C18H21N3O4. The minimum Gasteiger partial charge on any atom is -0.497 e. The molecule has 0 aliphatic carbocycles. The first-order valence-corrected chi connectivity index (χ1v) is 8.03. The molecule has 0 bridgehead atoms. The third kappa shape index (κ3) is 4.00. The Morgan fingerprint density at radius 2 is 1.96 bits per heavy atom. The van der Waals surface area contributed by atoms with E-state index in [-0.39, 0.29) is 5.91 Å². The highest BCUT2D eigenvalue weighted by molar-refractivity contribution is 6.03. The van der Waals surface area contributed by atoms with Gasteiger partial charge in [0.15, 0.2) is 0 Å². The fourth-order valence-corrected chi connectivity index (χ4v) is 2.62. The molecule has 2 aromatic rings. The van der Waals surface area contributed by atoms with Crippen LogP contribution in [0, 0.1) is 0 Å². The van der Waals surface area contributed by atoms with Crippen LogP contribution in [-0.4, -0.2) is 51.4 Å². The standard InChI is InChI=1S/C18H21N3O4/c1-23-14-4-6-15(17(11-14)24-2)20-18(22)16-5-3-13(12-19-16)21-7-9-25-10-8-21/h3-6,11-12H,7-10H2,1-2H3,(H,20,22). The minimum atomic E-state index is -0.294. The molecule has 1 saturated heterocycles. The summed E-state index contributed by atoms with van der Waals surface area (Å²) in [6, 6.07) is 8.82. The van der Waals surface area contributed by atoms with E-state index in [1.807, 2.05) is 6.07 Å². The molecule has 25 heavy (non-hydrogen) atoms. The topological polar surface area (TPSA) is 72.9 Å². The number of aromatic nitrogens is 1. The quantitative estimate of drug-likeness (QED) is 0.897. The molecule has 0 saturated carbocycles. The van der Waals surface area contributed by atoms with Crippen LogP contribution in [0.2, 0.25) is 0 Å². The number of morpholine rings is 1.